The van der Waals surface area contributed by atoms with Gasteiger partial charge in [0.15, 0.2) is 0 Å². The molecular weight excluding hydrogens is 278 g/mol. The maximum atomic E-state index is 12.3. The molecule has 0 heterocycles. The molecule has 1 aromatic carbocycles. The highest BCUT2D eigenvalue weighted by Gasteiger charge is 2.23. The van der Waals surface area contributed by atoms with E-state index in [0.29, 0.717) is 23.6 Å². The lowest BCUT2D eigenvalue weighted by Gasteiger charge is -2.26. The molecule has 1 unspecified atom stereocenters. The van der Waals surface area contributed by atoms with Crippen LogP contribution in [-0.4, -0.2) is 19.1 Å². The van der Waals surface area contributed by atoms with Crippen molar-refractivity contribution in [2.45, 2.75) is 54.1 Å². The van der Waals surface area contributed by atoms with Crippen LogP contribution in [0.25, 0.3) is 0 Å². The van der Waals surface area contributed by atoms with E-state index in [1.165, 1.54) is 0 Å². The van der Waals surface area contributed by atoms with Crippen molar-refractivity contribution in [2.75, 3.05) is 12.4 Å². The number of anilines is 1. The largest absolute Gasteiger partial charge is 0.497 e. The van der Waals surface area contributed by atoms with E-state index in [9.17, 15) is 4.79 Å². The fourth-order valence-corrected chi connectivity index (χ4v) is 1.88. The minimum atomic E-state index is -0.00992. The van der Waals surface area contributed by atoms with Gasteiger partial charge in [0, 0.05) is 12.5 Å². The molecule has 1 aromatic rings. The molecule has 1 amide bonds. The Kier molecular flexibility index (Phi) is 6.27. The first kappa shape index (κ1) is 18.3. The number of ether oxygens (including phenoxy) is 2. The third kappa shape index (κ3) is 5.58. The van der Waals surface area contributed by atoms with Crippen LogP contribution in [0, 0.1) is 11.3 Å². The van der Waals surface area contributed by atoms with Crippen molar-refractivity contribution in [3.8, 4) is 11.5 Å². The lowest BCUT2D eigenvalue weighted by atomic mass is 9.80. The molecule has 0 fully saturated rings. The molecule has 0 spiro atoms. The van der Waals surface area contributed by atoms with E-state index in [1.54, 1.807) is 13.2 Å². The zero-order chi connectivity index (χ0) is 16.9. The van der Waals surface area contributed by atoms with Crippen molar-refractivity contribution in [3.63, 3.8) is 0 Å². The molecule has 1 atom stereocenters. The second-order valence-corrected chi connectivity index (χ2v) is 7.05. The summed E-state index contributed by atoms with van der Waals surface area (Å²) in [7, 11) is 1.60. The highest BCUT2D eigenvalue weighted by molar-refractivity contribution is 5.92. The zero-order valence-corrected chi connectivity index (χ0v) is 14.8. The second kappa shape index (κ2) is 7.52. The average Bonchev–Trinajstić information content (AvgIpc) is 2.38. The van der Waals surface area contributed by atoms with Gasteiger partial charge < -0.3 is 14.8 Å². The monoisotopic (exact) mass is 307 g/mol. The topological polar surface area (TPSA) is 47.6 Å². The number of amides is 1. The fourth-order valence-electron chi connectivity index (χ4n) is 1.88. The van der Waals surface area contributed by atoms with E-state index in [-0.39, 0.29) is 23.3 Å². The summed E-state index contributed by atoms with van der Waals surface area (Å²) in [6, 6.07) is 5.43. The van der Waals surface area contributed by atoms with Gasteiger partial charge in [-0.1, -0.05) is 27.7 Å². The summed E-state index contributed by atoms with van der Waals surface area (Å²) in [5.41, 5.74) is 0.752. The van der Waals surface area contributed by atoms with Gasteiger partial charge in [-0.2, -0.15) is 0 Å². The van der Waals surface area contributed by atoms with Gasteiger partial charge in [0.25, 0.3) is 0 Å². The maximum Gasteiger partial charge on any atom is 0.224 e. The van der Waals surface area contributed by atoms with Crippen molar-refractivity contribution in [2.24, 2.45) is 11.3 Å². The number of carbonyl (C=O) groups excluding carboxylic acids is 1. The van der Waals surface area contributed by atoms with E-state index >= 15 is 0 Å². The molecule has 0 radical (unpaired) electrons. The highest BCUT2D eigenvalue weighted by Crippen LogP contribution is 2.32. The highest BCUT2D eigenvalue weighted by atomic mass is 16.5. The molecule has 1 rings (SSSR count). The third-order valence-electron chi connectivity index (χ3n) is 3.79. The molecule has 0 bridgehead atoms. The van der Waals surface area contributed by atoms with Crippen molar-refractivity contribution < 1.29 is 14.3 Å². The van der Waals surface area contributed by atoms with Gasteiger partial charge in [0.2, 0.25) is 5.91 Å². The van der Waals surface area contributed by atoms with Crippen LogP contribution in [0.15, 0.2) is 18.2 Å². The Balaban J connectivity index is 2.88. The zero-order valence-electron chi connectivity index (χ0n) is 14.8. The molecule has 4 nitrogen and oxygen atoms in total. The van der Waals surface area contributed by atoms with Gasteiger partial charge in [0.1, 0.15) is 11.5 Å². The van der Waals surface area contributed by atoms with Crippen LogP contribution in [-0.2, 0) is 4.79 Å². The molecule has 124 valence electrons. The Morgan fingerprint density at radius 1 is 1.23 bits per heavy atom. The first-order valence-electron chi connectivity index (χ1n) is 7.78. The molecular formula is C18H29NO3. The van der Waals surface area contributed by atoms with E-state index in [0.717, 1.165) is 0 Å². The van der Waals surface area contributed by atoms with Gasteiger partial charge in [0.05, 0.1) is 18.9 Å². The Morgan fingerprint density at radius 2 is 1.86 bits per heavy atom. The minimum Gasteiger partial charge on any atom is -0.497 e. The molecule has 0 aliphatic rings. The molecule has 0 saturated carbocycles. The minimum absolute atomic E-state index is 0.00992. The quantitative estimate of drug-likeness (QED) is 0.842. The van der Waals surface area contributed by atoms with E-state index in [4.69, 9.17) is 9.47 Å². The molecule has 4 heteroatoms. The van der Waals surface area contributed by atoms with Crippen molar-refractivity contribution in [1.82, 2.24) is 0 Å². The van der Waals surface area contributed by atoms with Gasteiger partial charge in [-0.05, 0) is 37.3 Å². The molecule has 22 heavy (non-hydrogen) atoms. The summed E-state index contributed by atoms with van der Waals surface area (Å²) in [6.45, 7) is 12.4. The molecule has 0 aliphatic carbocycles. The van der Waals surface area contributed by atoms with E-state index < -0.39 is 0 Å². The van der Waals surface area contributed by atoms with E-state index in [1.807, 2.05) is 26.0 Å². The summed E-state index contributed by atoms with van der Waals surface area (Å²) < 4.78 is 11.0. The number of benzene rings is 1. The molecule has 0 aliphatic heterocycles. The van der Waals surface area contributed by atoms with Crippen LogP contribution in [0.3, 0.4) is 0 Å². The summed E-state index contributed by atoms with van der Waals surface area (Å²) in [5.74, 6) is 1.62. The first-order chi connectivity index (χ1) is 10.1. The Labute approximate surface area is 134 Å². The predicted octanol–water partition coefficient (Wildman–Crippen LogP) is 4.49. The number of carbonyl (C=O) groups is 1. The fraction of sp³-hybridized carbons (Fsp3) is 0.611. The number of hydrogen-bond donors (Lipinski definition) is 1. The predicted molar refractivity (Wildman–Crippen MR) is 90.6 cm³/mol. The number of nitrogens with one attached hydrogen (secondary N) is 1. The van der Waals surface area contributed by atoms with Crippen LogP contribution < -0.4 is 14.8 Å². The third-order valence-corrected chi connectivity index (χ3v) is 3.79. The van der Waals surface area contributed by atoms with Gasteiger partial charge >= 0.3 is 0 Å². The van der Waals surface area contributed by atoms with E-state index in [2.05, 4.69) is 33.0 Å². The summed E-state index contributed by atoms with van der Waals surface area (Å²) in [5, 5.41) is 2.95. The van der Waals surface area contributed by atoms with Gasteiger partial charge in [-0.3, -0.25) is 4.79 Å². The van der Waals surface area contributed by atoms with Crippen LogP contribution in [0.4, 0.5) is 5.69 Å². The lowest BCUT2D eigenvalue weighted by Crippen LogP contribution is -2.24. The Bertz CT molecular complexity index is 504. The maximum absolute atomic E-state index is 12.3. The second-order valence-electron chi connectivity index (χ2n) is 7.05. The molecule has 0 saturated heterocycles. The lowest BCUT2D eigenvalue weighted by molar-refractivity contribution is -0.117. The number of hydrogen-bond acceptors (Lipinski definition) is 3. The van der Waals surface area contributed by atoms with Crippen LogP contribution in [0.1, 0.15) is 48.0 Å². The Hall–Kier alpha value is -1.71. The summed E-state index contributed by atoms with van der Waals surface area (Å²) in [6.07, 6.45) is 0.513. The van der Waals surface area contributed by atoms with Crippen molar-refractivity contribution in [3.05, 3.63) is 18.2 Å². The summed E-state index contributed by atoms with van der Waals surface area (Å²) >= 11 is 0. The van der Waals surface area contributed by atoms with Crippen LogP contribution in [0.2, 0.25) is 0 Å². The van der Waals surface area contributed by atoms with Gasteiger partial charge in [-0.15, -0.1) is 0 Å². The molecule has 1 N–H and O–H groups in total. The summed E-state index contributed by atoms with van der Waals surface area (Å²) in [4.78, 5) is 12.3. The molecule has 0 aromatic heterocycles. The average molecular weight is 307 g/mol. The SMILES string of the molecule is COc1ccc(OC(C)C)c(NC(=O)CC(C)C(C)(C)C)c1. The van der Waals surface area contributed by atoms with Gasteiger partial charge in [-0.25, -0.2) is 0 Å². The normalized spacial score (nSPS) is 12.9. The first-order valence-corrected chi connectivity index (χ1v) is 7.78. The Morgan fingerprint density at radius 3 is 2.36 bits per heavy atom. The van der Waals surface area contributed by atoms with Crippen LogP contribution in [0.5, 0.6) is 11.5 Å². The standard InChI is InChI=1S/C18H29NO3/c1-12(2)22-16-9-8-14(21-7)11-15(16)19-17(20)10-13(3)18(4,5)6/h8-9,11-13H,10H2,1-7H3,(H,19,20). The number of rotatable bonds is 6. The smallest absolute Gasteiger partial charge is 0.224 e. The number of methoxy groups -OCH3 is 1. The van der Waals surface area contributed by atoms with Crippen LogP contribution >= 0.6 is 0 Å². The van der Waals surface area contributed by atoms with Crippen molar-refractivity contribution in [1.29, 1.82) is 0 Å². The van der Waals surface area contributed by atoms with Crippen molar-refractivity contribution >= 4 is 11.6 Å².